The lowest BCUT2D eigenvalue weighted by Gasteiger charge is -2.08. The average Bonchev–Trinajstić information content (AvgIpc) is 2.94. The molecule has 0 bridgehead atoms. The van der Waals surface area contributed by atoms with Gasteiger partial charge in [0.05, 0.1) is 17.1 Å². The molecule has 25 heavy (non-hydrogen) atoms. The zero-order chi connectivity index (χ0) is 17.8. The molecule has 0 aliphatic heterocycles. The Hall–Kier alpha value is -2.95. The summed E-state index contributed by atoms with van der Waals surface area (Å²) in [5.74, 6) is -0.627. The molecule has 2 aromatic carbocycles. The lowest BCUT2D eigenvalue weighted by Crippen LogP contribution is -2.13. The monoisotopic (exact) mass is 337 g/mol. The first kappa shape index (κ1) is 16.9. The molecular weight excluding hydrogens is 317 g/mol. The van der Waals surface area contributed by atoms with E-state index in [2.05, 4.69) is 10.4 Å². The predicted octanol–water partition coefficient (Wildman–Crippen LogP) is 4.20. The standard InChI is InChI=1S/C20H20FN3O/c1-14-13-15(2)24(23-14)17-10-7-16(8-11-17)9-12-20(25)22-19-6-4-3-5-18(19)21/h3-8,10-11,13H,9,12H2,1-2H3,(H,22,25). The number of hydrogen-bond acceptors (Lipinski definition) is 2. The third-order valence-electron chi connectivity index (χ3n) is 3.98. The van der Waals surface area contributed by atoms with Crippen molar-refractivity contribution in [3.63, 3.8) is 0 Å². The van der Waals surface area contributed by atoms with Crippen molar-refractivity contribution in [3.05, 3.63) is 77.4 Å². The number of aromatic nitrogens is 2. The molecule has 0 spiro atoms. The highest BCUT2D eigenvalue weighted by atomic mass is 19.1. The van der Waals surface area contributed by atoms with Crippen LogP contribution < -0.4 is 5.32 Å². The average molecular weight is 337 g/mol. The number of aryl methyl sites for hydroxylation is 3. The van der Waals surface area contributed by atoms with Gasteiger partial charge in [0, 0.05) is 12.1 Å². The molecule has 128 valence electrons. The molecule has 0 radical (unpaired) electrons. The summed E-state index contributed by atoms with van der Waals surface area (Å²) in [6.45, 7) is 3.98. The Morgan fingerprint density at radius 3 is 2.48 bits per heavy atom. The molecule has 4 nitrogen and oxygen atoms in total. The van der Waals surface area contributed by atoms with Gasteiger partial charge in [-0.3, -0.25) is 4.79 Å². The van der Waals surface area contributed by atoms with Gasteiger partial charge in [-0.2, -0.15) is 5.10 Å². The molecule has 1 N–H and O–H groups in total. The van der Waals surface area contributed by atoms with E-state index in [4.69, 9.17) is 0 Å². The fourth-order valence-electron chi connectivity index (χ4n) is 2.73. The molecule has 0 unspecified atom stereocenters. The van der Waals surface area contributed by atoms with E-state index in [1.54, 1.807) is 18.2 Å². The summed E-state index contributed by atoms with van der Waals surface area (Å²) in [5, 5.41) is 7.06. The third-order valence-corrected chi connectivity index (χ3v) is 3.98. The molecule has 3 aromatic rings. The Morgan fingerprint density at radius 1 is 1.12 bits per heavy atom. The molecule has 1 amide bonds. The van der Waals surface area contributed by atoms with Crippen LogP contribution in [0.15, 0.2) is 54.6 Å². The van der Waals surface area contributed by atoms with Crippen molar-refractivity contribution in [2.45, 2.75) is 26.7 Å². The summed E-state index contributed by atoms with van der Waals surface area (Å²) in [6.07, 6.45) is 0.894. The SMILES string of the molecule is Cc1cc(C)n(-c2ccc(CCC(=O)Nc3ccccc3F)cc2)n1. The van der Waals surface area contributed by atoms with Crippen LogP contribution in [0.4, 0.5) is 10.1 Å². The lowest BCUT2D eigenvalue weighted by molar-refractivity contribution is -0.116. The second-order valence-electron chi connectivity index (χ2n) is 6.03. The molecule has 3 rings (SSSR count). The number of nitrogens with zero attached hydrogens (tertiary/aromatic N) is 2. The molecule has 0 fully saturated rings. The number of carbonyl (C=O) groups excluding carboxylic acids is 1. The largest absolute Gasteiger partial charge is 0.324 e. The second kappa shape index (κ2) is 7.30. The Balaban J connectivity index is 1.59. The Labute approximate surface area is 146 Å². The number of amides is 1. The zero-order valence-electron chi connectivity index (χ0n) is 14.3. The van der Waals surface area contributed by atoms with Crippen molar-refractivity contribution < 1.29 is 9.18 Å². The maximum Gasteiger partial charge on any atom is 0.224 e. The molecule has 0 saturated heterocycles. The second-order valence-corrected chi connectivity index (χ2v) is 6.03. The maximum absolute atomic E-state index is 13.5. The van der Waals surface area contributed by atoms with E-state index in [-0.39, 0.29) is 11.6 Å². The quantitative estimate of drug-likeness (QED) is 0.758. The van der Waals surface area contributed by atoms with Crippen molar-refractivity contribution in [1.29, 1.82) is 0 Å². The molecule has 0 aliphatic rings. The lowest BCUT2D eigenvalue weighted by atomic mass is 10.1. The maximum atomic E-state index is 13.5. The van der Waals surface area contributed by atoms with Gasteiger partial charge in [-0.1, -0.05) is 24.3 Å². The van der Waals surface area contributed by atoms with Gasteiger partial charge in [0.1, 0.15) is 5.82 Å². The summed E-state index contributed by atoms with van der Waals surface area (Å²) in [7, 11) is 0. The van der Waals surface area contributed by atoms with Gasteiger partial charge in [0.15, 0.2) is 0 Å². The van der Waals surface area contributed by atoms with Gasteiger partial charge >= 0.3 is 0 Å². The number of nitrogens with one attached hydrogen (secondary N) is 1. The predicted molar refractivity (Wildman–Crippen MR) is 96.4 cm³/mol. The Bertz CT molecular complexity index is 884. The van der Waals surface area contributed by atoms with Gasteiger partial charge in [-0.15, -0.1) is 0 Å². The molecule has 1 heterocycles. The van der Waals surface area contributed by atoms with E-state index in [1.165, 1.54) is 6.07 Å². The smallest absolute Gasteiger partial charge is 0.224 e. The van der Waals surface area contributed by atoms with Gasteiger partial charge in [0.2, 0.25) is 5.91 Å². The number of para-hydroxylation sites is 1. The highest BCUT2D eigenvalue weighted by Crippen LogP contribution is 2.15. The number of benzene rings is 2. The van der Waals surface area contributed by atoms with Gasteiger partial charge in [-0.25, -0.2) is 9.07 Å². The number of halogens is 1. The molecule has 5 heteroatoms. The summed E-state index contributed by atoms with van der Waals surface area (Å²) in [4.78, 5) is 12.0. The molecule has 0 saturated carbocycles. The van der Waals surface area contributed by atoms with Crippen LogP contribution in [-0.2, 0) is 11.2 Å². The normalized spacial score (nSPS) is 10.7. The third kappa shape index (κ3) is 4.12. The van der Waals surface area contributed by atoms with E-state index in [0.29, 0.717) is 12.8 Å². The van der Waals surface area contributed by atoms with E-state index in [1.807, 2.05) is 48.9 Å². The number of carbonyl (C=O) groups is 1. The van der Waals surface area contributed by atoms with Crippen LogP contribution in [0.25, 0.3) is 5.69 Å². The fourth-order valence-corrected chi connectivity index (χ4v) is 2.73. The van der Waals surface area contributed by atoms with Crippen LogP contribution in [0, 0.1) is 19.7 Å². The van der Waals surface area contributed by atoms with Gasteiger partial charge in [0.25, 0.3) is 0 Å². The first-order chi connectivity index (χ1) is 12.0. The Kier molecular flexibility index (Phi) is 4.93. The van der Waals surface area contributed by atoms with Crippen molar-refractivity contribution in [2.24, 2.45) is 0 Å². The Morgan fingerprint density at radius 2 is 1.84 bits per heavy atom. The molecule has 1 aromatic heterocycles. The zero-order valence-corrected chi connectivity index (χ0v) is 14.3. The first-order valence-electron chi connectivity index (χ1n) is 8.20. The van der Waals surface area contributed by atoms with E-state index >= 15 is 0 Å². The minimum absolute atomic E-state index is 0.201. The van der Waals surface area contributed by atoms with Crippen molar-refractivity contribution >= 4 is 11.6 Å². The minimum Gasteiger partial charge on any atom is -0.324 e. The highest BCUT2D eigenvalue weighted by molar-refractivity contribution is 5.90. The molecule has 0 atom stereocenters. The van der Waals surface area contributed by atoms with Crippen LogP contribution in [0.1, 0.15) is 23.4 Å². The number of anilines is 1. The van der Waals surface area contributed by atoms with Crippen LogP contribution in [-0.4, -0.2) is 15.7 Å². The number of rotatable bonds is 5. The van der Waals surface area contributed by atoms with E-state index < -0.39 is 5.82 Å². The van der Waals surface area contributed by atoms with Crippen LogP contribution in [0.3, 0.4) is 0 Å². The molecule has 0 aliphatic carbocycles. The molecular formula is C20H20FN3O. The van der Waals surface area contributed by atoms with E-state index in [9.17, 15) is 9.18 Å². The minimum atomic E-state index is -0.426. The fraction of sp³-hybridized carbons (Fsp3) is 0.200. The topological polar surface area (TPSA) is 46.9 Å². The van der Waals surface area contributed by atoms with Crippen LogP contribution >= 0.6 is 0 Å². The highest BCUT2D eigenvalue weighted by Gasteiger charge is 2.07. The number of hydrogen-bond donors (Lipinski definition) is 1. The van der Waals surface area contributed by atoms with Crippen molar-refractivity contribution in [3.8, 4) is 5.69 Å². The summed E-state index contributed by atoms with van der Waals surface area (Å²) < 4.78 is 15.4. The van der Waals surface area contributed by atoms with Gasteiger partial charge < -0.3 is 5.32 Å². The van der Waals surface area contributed by atoms with Gasteiger partial charge in [-0.05, 0) is 56.2 Å². The first-order valence-corrected chi connectivity index (χ1v) is 8.20. The van der Waals surface area contributed by atoms with Crippen molar-refractivity contribution in [2.75, 3.05) is 5.32 Å². The van der Waals surface area contributed by atoms with Crippen molar-refractivity contribution in [1.82, 2.24) is 9.78 Å². The van der Waals surface area contributed by atoms with Crippen LogP contribution in [0.5, 0.6) is 0 Å². The summed E-state index contributed by atoms with van der Waals surface area (Å²) in [5.41, 5.74) is 4.31. The summed E-state index contributed by atoms with van der Waals surface area (Å²) >= 11 is 0. The van der Waals surface area contributed by atoms with Crippen LogP contribution in [0.2, 0.25) is 0 Å². The summed E-state index contributed by atoms with van der Waals surface area (Å²) in [6, 6.07) is 16.1. The van der Waals surface area contributed by atoms with E-state index in [0.717, 1.165) is 22.6 Å².